The van der Waals surface area contributed by atoms with Crippen LogP contribution in [0, 0.1) is 5.82 Å². The van der Waals surface area contributed by atoms with Crippen molar-refractivity contribution in [3.8, 4) is 17.2 Å². The molecule has 156 valence electrons. The quantitative estimate of drug-likeness (QED) is 0.603. The summed E-state index contributed by atoms with van der Waals surface area (Å²) in [4.78, 5) is 13.8. The Morgan fingerprint density at radius 2 is 1.83 bits per heavy atom. The van der Waals surface area contributed by atoms with Crippen LogP contribution >= 0.6 is 0 Å². The van der Waals surface area contributed by atoms with Crippen LogP contribution in [0.2, 0.25) is 0 Å². The minimum absolute atomic E-state index is 0.0101. The highest BCUT2D eigenvalue weighted by Crippen LogP contribution is 2.34. The summed E-state index contributed by atoms with van der Waals surface area (Å²) in [6, 6.07) is 9.19. The molecule has 0 aliphatic carbocycles. The van der Waals surface area contributed by atoms with Gasteiger partial charge in [-0.15, -0.1) is 5.10 Å². The molecular formula is C19H14F4N4O3. The lowest BCUT2D eigenvalue weighted by Gasteiger charge is -2.18. The Bertz CT molecular complexity index is 1100. The Balaban J connectivity index is 1.64. The summed E-state index contributed by atoms with van der Waals surface area (Å²) in [5.41, 5.74) is -1.63. The Morgan fingerprint density at radius 1 is 1.13 bits per heavy atom. The van der Waals surface area contributed by atoms with Crippen molar-refractivity contribution in [3.05, 3.63) is 65.2 Å². The highest BCUT2D eigenvalue weighted by molar-refractivity contribution is 5.93. The smallest absolute Gasteiger partial charge is 0.435 e. The molecule has 4 rings (SSSR count). The molecule has 1 amide bonds. The van der Waals surface area contributed by atoms with E-state index in [1.807, 2.05) is 0 Å². The predicted octanol–water partition coefficient (Wildman–Crippen LogP) is 3.43. The zero-order valence-corrected chi connectivity index (χ0v) is 15.5. The molecule has 1 aromatic heterocycles. The lowest BCUT2D eigenvalue weighted by Crippen LogP contribution is -2.29. The second-order valence-corrected chi connectivity index (χ2v) is 6.52. The van der Waals surface area contributed by atoms with E-state index in [0.717, 1.165) is 29.2 Å². The van der Waals surface area contributed by atoms with Crippen LogP contribution in [0.3, 0.4) is 0 Å². The molecule has 30 heavy (non-hydrogen) atoms. The zero-order chi connectivity index (χ0) is 21.5. The average molecular weight is 422 g/mol. The number of rotatable bonds is 4. The van der Waals surface area contributed by atoms with Gasteiger partial charge in [0.15, 0.2) is 22.9 Å². The van der Waals surface area contributed by atoms with Crippen molar-refractivity contribution in [2.75, 3.05) is 13.8 Å². The predicted molar refractivity (Wildman–Crippen MR) is 94.7 cm³/mol. The molecule has 0 N–H and O–H groups in total. The van der Waals surface area contributed by atoms with Crippen molar-refractivity contribution < 1.29 is 31.8 Å². The van der Waals surface area contributed by atoms with Crippen LogP contribution < -0.4 is 9.47 Å². The Kier molecular flexibility index (Phi) is 4.80. The minimum atomic E-state index is -4.91. The third-order valence-corrected chi connectivity index (χ3v) is 4.42. The number of amides is 1. The first kappa shape index (κ1) is 19.7. The topological polar surface area (TPSA) is 69.5 Å². The molecule has 1 aliphatic heterocycles. The van der Waals surface area contributed by atoms with Gasteiger partial charge in [-0.2, -0.15) is 13.2 Å². The van der Waals surface area contributed by atoms with Crippen molar-refractivity contribution >= 4 is 5.91 Å². The summed E-state index contributed by atoms with van der Waals surface area (Å²) >= 11 is 0. The van der Waals surface area contributed by atoms with E-state index in [2.05, 4.69) is 10.3 Å². The summed E-state index contributed by atoms with van der Waals surface area (Å²) < 4.78 is 65.3. The first-order valence-corrected chi connectivity index (χ1v) is 8.67. The number of fused-ring (bicyclic) bond motifs is 1. The summed E-state index contributed by atoms with van der Waals surface area (Å²) in [6.07, 6.45) is -4.91. The standard InChI is InChI=1S/C19H14F4N4O3/c1-26(9-11-2-7-14-15(8-11)30-10-29-14)18(28)16-17(19(21,22)23)27(25-24-16)13-5-3-12(20)4-6-13/h2-8H,9-10H2,1H3. The summed E-state index contributed by atoms with van der Waals surface area (Å²) in [5, 5.41) is 6.95. The van der Waals surface area contributed by atoms with Crippen LogP contribution in [0.1, 0.15) is 21.7 Å². The molecule has 0 radical (unpaired) electrons. The molecule has 0 bridgehead atoms. The maximum absolute atomic E-state index is 13.7. The number of carbonyl (C=O) groups excluding carboxylic acids is 1. The van der Waals surface area contributed by atoms with Crippen LogP contribution in [-0.2, 0) is 12.7 Å². The van der Waals surface area contributed by atoms with Crippen LogP contribution in [0.15, 0.2) is 42.5 Å². The molecule has 7 nitrogen and oxygen atoms in total. The van der Waals surface area contributed by atoms with Crippen LogP contribution in [0.25, 0.3) is 5.69 Å². The molecule has 0 fully saturated rings. The van der Waals surface area contributed by atoms with Crippen molar-refractivity contribution in [2.45, 2.75) is 12.7 Å². The molecule has 2 aromatic carbocycles. The maximum Gasteiger partial charge on any atom is 0.435 e. The number of nitrogens with zero attached hydrogens (tertiary/aromatic N) is 4. The largest absolute Gasteiger partial charge is 0.454 e. The monoisotopic (exact) mass is 422 g/mol. The van der Waals surface area contributed by atoms with Gasteiger partial charge in [-0.25, -0.2) is 9.07 Å². The second-order valence-electron chi connectivity index (χ2n) is 6.52. The van der Waals surface area contributed by atoms with Gasteiger partial charge in [-0.05, 0) is 42.0 Å². The number of halogens is 4. The molecule has 0 atom stereocenters. The van der Waals surface area contributed by atoms with Crippen molar-refractivity contribution in [2.24, 2.45) is 0 Å². The molecule has 1 aliphatic rings. The van der Waals surface area contributed by atoms with Crippen LogP contribution in [0.5, 0.6) is 11.5 Å². The van der Waals surface area contributed by atoms with Crippen molar-refractivity contribution in [3.63, 3.8) is 0 Å². The van der Waals surface area contributed by atoms with Gasteiger partial charge < -0.3 is 14.4 Å². The molecular weight excluding hydrogens is 408 g/mol. The number of aromatic nitrogens is 3. The third-order valence-electron chi connectivity index (χ3n) is 4.42. The van der Waals surface area contributed by atoms with Gasteiger partial charge in [0.25, 0.3) is 5.91 Å². The third kappa shape index (κ3) is 3.65. The Labute approximate surface area is 167 Å². The Hall–Kier alpha value is -3.63. The van der Waals surface area contributed by atoms with Gasteiger partial charge >= 0.3 is 6.18 Å². The van der Waals surface area contributed by atoms with Gasteiger partial charge in [0.05, 0.1) is 5.69 Å². The first-order valence-electron chi connectivity index (χ1n) is 8.67. The Morgan fingerprint density at radius 3 is 2.53 bits per heavy atom. The van der Waals surface area contributed by atoms with E-state index < -0.39 is 29.3 Å². The minimum Gasteiger partial charge on any atom is -0.454 e. The molecule has 0 saturated heterocycles. The molecule has 2 heterocycles. The number of carbonyl (C=O) groups is 1. The number of alkyl halides is 3. The highest BCUT2D eigenvalue weighted by atomic mass is 19.4. The molecule has 3 aromatic rings. The second kappa shape index (κ2) is 7.32. The number of hydrogen-bond acceptors (Lipinski definition) is 5. The van der Waals surface area contributed by atoms with Crippen LogP contribution in [-0.4, -0.2) is 39.6 Å². The molecule has 0 unspecified atom stereocenters. The van der Waals surface area contributed by atoms with Crippen molar-refractivity contribution in [1.29, 1.82) is 0 Å². The lowest BCUT2D eigenvalue weighted by atomic mass is 10.2. The van der Waals surface area contributed by atoms with Crippen LogP contribution in [0.4, 0.5) is 17.6 Å². The SMILES string of the molecule is CN(Cc1ccc2c(c1)OCO2)C(=O)c1nnn(-c2ccc(F)cc2)c1C(F)(F)F. The van der Waals surface area contributed by atoms with E-state index in [1.165, 1.54) is 7.05 Å². The van der Waals surface area contributed by atoms with E-state index in [-0.39, 0.29) is 19.0 Å². The van der Waals surface area contributed by atoms with E-state index in [0.29, 0.717) is 21.7 Å². The van der Waals surface area contributed by atoms with Gasteiger partial charge in [-0.1, -0.05) is 11.3 Å². The number of hydrogen-bond donors (Lipinski definition) is 0. The average Bonchev–Trinajstić information content (AvgIpc) is 3.34. The fraction of sp³-hybridized carbons (Fsp3) is 0.211. The normalized spacial score (nSPS) is 12.8. The van der Waals surface area contributed by atoms with E-state index >= 15 is 0 Å². The van der Waals surface area contributed by atoms with E-state index in [9.17, 15) is 22.4 Å². The first-order chi connectivity index (χ1) is 14.2. The van der Waals surface area contributed by atoms with Gasteiger partial charge in [0, 0.05) is 13.6 Å². The van der Waals surface area contributed by atoms with Crippen molar-refractivity contribution in [1.82, 2.24) is 19.9 Å². The number of ether oxygens (including phenoxy) is 2. The lowest BCUT2D eigenvalue weighted by molar-refractivity contribution is -0.143. The summed E-state index contributed by atoms with van der Waals surface area (Å²) in [7, 11) is 1.35. The van der Waals surface area contributed by atoms with E-state index in [4.69, 9.17) is 9.47 Å². The fourth-order valence-electron chi connectivity index (χ4n) is 3.01. The van der Waals surface area contributed by atoms with Gasteiger partial charge in [-0.3, -0.25) is 4.79 Å². The maximum atomic E-state index is 13.7. The molecule has 0 saturated carbocycles. The van der Waals surface area contributed by atoms with E-state index in [1.54, 1.807) is 18.2 Å². The fourth-order valence-corrected chi connectivity index (χ4v) is 3.01. The number of benzene rings is 2. The zero-order valence-electron chi connectivity index (χ0n) is 15.5. The summed E-state index contributed by atoms with van der Waals surface area (Å²) in [5.74, 6) is -0.540. The molecule has 11 heteroatoms. The summed E-state index contributed by atoms with van der Waals surface area (Å²) in [6.45, 7) is 0.0885. The highest BCUT2D eigenvalue weighted by Gasteiger charge is 2.42. The van der Waals surface area contributed by atoms with Gasteiger partial charge in [0.1, 0.15) is 5.82 Å². The molecule has 0 spiro atoms. The van der Waals surface area contributed by atoms with Gasteiger partial charge in [0.2, 0.25) is 6.79 Å².